The highest BCUT2D eigenvalue weighted by Gasteiger charge is 2.46. The van der Waals surface area contributed by atoms with Gasteiger partial charge < -0.3 is 9.80 Å². The maximum absolute atomic E-state index is 12.8. The fraction of sp³-hybridized carbons (Fsp3) is 0.471. The monoisotopic (exact) mass is 340 g/mol. The summed E-state index contributed by atoms with van der Waals surface area (Å²) in [5, 5.41) is 4.17. The van der Waals surface area contributed by atoms with Crippen LogP contribution in [0.3, 0.4) is 0 Å². The summed E-state index contributed by atoms with van der Waals surface area (Å²) in [6.07, 6.45) is 8.55. The number of rotatable bonds is 2. The molecule has 0 N–H and O–H groups in total. The van der Waals surface area contributed by atoms with Gasteiger partial charge in [0, 0.05) is 32.4 Å². The molecule has 8 nitrogen and oxygen atoms in total. The molecule has 0 aliphatic carbocycles. The summed E-state index contributed by atoms with van der Waals surface area (Å²) in [6, 6.07) is 0.00122. The van der Waals surface area contributed by atoms with Crippen molar-refractivity contribution in [1.82, 2.24) is 24.6 Å². The van der Waals surface area contributed by atoms with E-state index in [2.05, 4.69) is 15.1 Å². The highest BCUT2D eigenvalue weighted by Crippen LogP contribution is 2.35. The van der Waals surface area contributed by atoms with E-state index in [-0.39, 0.29) is 23.9 Å². The third-order valence-electron chi connectivity index (χ3n) is 4.99. The van der Waals surface area contributed by atoms with Gasteiger partial charge in [-0.05, 0) is 19.8 Å². The minimum Gasteiger partial charge on any atom is -0.332 e. The van der Waals surface area contributed by atoms with E-state index in [1.807, 2.05) is 30.0 Å². The molecule has 0 unspecified atom stereocenters. The summed E-state index contributed by atoms with van der Waals surface area (Å²) in [6.45, 7) is 2.46. The van der Waals surface area contributed by atoms with Crippen LogP contribution in [-0.2, 0) is 11.8 Å². The SMILES string of the molecule is Cc1cnc(C(=O)N2CC[C@@H]3[C@H]2CCC(=O)N3c2cnn(C)c2)cn1. The lowest BCUT2D eigenvalue weighted by Gasteiger charge is -2.38. The van der Waals surface area contributed by atoms with Crippen molar-refractivity contribution >= 4 is 17.5 Å². The Labute approximate surface area is 145 Å². The summed E-state index contributed by atoms with van der Waals surface area (Å²) in [4.78, 5) is 37.4. The lowest BCUT2D eigenvalue weighted by Crippen LogP contribution is -2.53. The van der Waals surface area contributed by atoms with Crippen LogP contribution in [0, 0.1) is 6.92 Å². The van der Waals surface area contributed by atoms with Crippen LogP contribution >= 0.6 is 0 Å². The van der Waals surface area contributed by atoms with Crippen molar-refractivity contribution < 1.29 is 9.59 Å². The smallest absolute Gasteiger partial charge is 0.274 e. The summed E-state index contributed by atoms with van der Waals surface area (Å²) in [5.74, 6) is -0.0147. The molecular formula is C17H20N6O2. The molecule has 4 heterocycles. The van der Waals surface area contributed by atoms with Crippen LogP contribution in [0.2, 0.25) is 0 Å². The fourth-order valence-corrected chi connectivity index (χ4v) is 3.83. The third kappa shape index (κ3) is 2.67. The van der Waals surface area contributed by atoms with Crippen LogP contribution in [0.4, 0.5) is 5.69 Å². The van der Waals surface area contributed by atoms with E-state index in [9.17, 15) is 9.59 Å². The number of carbonyl (C=O) groups is 2. The van der Waals surface area contributed by atoms with Gasteiger partial charge in [0.2, 0.25) is 5.91 Å². The lowest BCUT2D eigenvalue weighted by atomic mass is 9.95. The van der Waals surface area contributed by atoms with Gasteiger partial charge in [-0.2, -0.15) is 5.10 Å². The average molecular weight is 340 g/mol. The van der Waals surface area contributed by atoms with Gasteiger partial charge in [0.05, 0.1) is 35.9 Å². The quantitative estimate of drug-likeness (QED) is 0.812. The van der Waals surface area contributed by atoms with Gasteiger partial charge in [0.25, 0.3) is 5.91 Å². The molecule has 130 valence electrons. The van der Waals surface area contributed by atoms with Crippen molar-refractivity contribution in [2.75, 3.05) is 11.4 Å². The molecule has 0 radical (unpaired) electrons. The Hall–Kier alpha value is -2.77. The molecular weight excluding hydrogens is 320 g/mol. The molecule has 0 spiro atoms. The van der Waals surface area contributed by atoms with Gasteiger partial charge in [0.1, 0.15) is 5.69 Å². The maximum atomic E-state index is 12.8. The molecule has 0 bridgehead atoms. The largest absolute Gasteiger partial charge is 0.332 e. The predicted molar refractivity (Wildman–Crippen MR) is 89.9 cm³/mol. The Kier molecular flexibility index (Phi) is 3.74. The second-order valence-corrected chi connectivity index (χ2v) is 6.64. The Bertz CT molecular complexity index is 815. The third-order valence-corrected chi connectivity index (χ3v) is 4.99. The molecule has 2 aromatic rings. The number of aromatic nitrogens is 4. The van der Waals surface area contributed by atoms with Crippen LogP contribution in [0.25, 0.3) is 0 Å². The minimum absolute atomic E-state index is 0.00666. The standard InChI is InChI=1S/C17H20N6O2/c1-11-7-19-13(9-18-11)17(25)22-6-5-15-14(22)3-4-16(24)23(15)12-8-20-21(2)10-12/h7-10,14-15H,3-6H2,1-2H3/t14-,15-/m1/s1. The van der Waals surface area contributed by atoms with E-state index in [1.165, 1.54) is 6.20 Å². The summed E-state index contributed by atoms with van der Waals surface area (Å²) >= 11 is 0. The summed E-state index contributed by atoms with van der Waals surface area (Å²) in [7, 11) is 1.83. The molecule has 2 amide bonds. The molecule has 0 saturated carbocycles. The highest BCUT2D eigenvalue weighted by molar-refractivity contribution is 5.96. The Morgan fingerprint density at radius 2 is 2.00 bits per heavy atom. The number of nitrogens with zero attached hydrogens (tertiary/aromatic N) is 6. The first-order chi connectivity index (χ1) is 12.0. The van der Waals surface area contributed by atoms with Crippen LogP contribution in [-0.4, -0.2) is 55.1 Å². The van der Waals surface area contributed by atoms with Gasteiger partial charge >= 0.3 is 0 Å². The van der Waals surface area contributed by atoms with Crippen molar-refractivity contribution in [3.8, 4) is 0 Å². The summed E-state index contributed by atoms with van der Waals surface area (Å²) in [5.41, 5.74) is 1.93. The van der Waals surface area contributed by atoms with Crippen LogP contribution < -0.4 is 4.90 Å². The topological polar surface area (TPSA) is 84.2 Å². The molecule has 25 heavy (non-hydrogen) atoms. The first-order valence-electron chi connectivity index (χ1n) is 8.45. The molecule has 2 atom stereocenters. The van der Waals surface area contributed by atoms with Crippen LogP contribution in [0.5, 0.6) is 0 Å². The van der Waals surface area contributed by atoms with E-state index in [0.29, 0.717) is 25.1 Å². The van der Waals surface area contributed by atoms with Crippen molar-refractivity contribution in [1.29, 1.82) is 0 Å². The van der Waals surface area contributed by atoms with E-state index < -0.39 is 0 Å². The van der Waals surface area contributed by atoms with Gasteiger partial charge in [-0.3, -0.25) is 19.3 Å². The highest BCUT2D eigenvalue weighted by atomic mass is 16.2. The number of piperidine rings is 1. The molecule has 2 fully saturated rings. The molecule has 2 aliphatic rings. The van der Waals surface area contributed by atoms with E-state index in [4.69, 9.17) is 0 Å². The Morgan fingerprint density at radius 1 is 1.16 bits per heavy atom. The van der Waals surface area contributed by atoms with E-state index in [0.717, 1.165) is 17.8 Å². The zero-order valence-corrected chi connectivity index (χ0v) is 14.3. The number of amides is 2. The summed E-state index contributed by atoms with van der Waals surface area (Å²) < 4.78 is 1.69. The van der Waals surface area contributed by atoms with Crippen molar-refractivity contribution in [3.05, 3.63) is 36.2 Å². The molecule has 2 aliphatic heterocycles. The Morgan fingerprint density at radius 3 is 2.68 bits per heavy atom. The second kappa shape index (κ2) is 5.94. The van der Waals surface area contributed by atoms with Gasteiger partial charge in [-0.15, -0.1) is 0 Å². The molecule has 2 aromatic heterocycles. The number of hydrogen-bond acceptors (Lipinski definition) is 5. The molecule has 4 rings (SSSR count). The van der Waals surface area contributed by atoms with Gasteiger partial charge in [-0.1, -0.05) is 0 Å². The van der Waals surface area contributed by atoms with Gasteiger partial charge in [-0.25, -0.2) is 4.98 Å². The maximum Gasteiger partial charge on any atom is 0.274 e. The average Bonchev–Trinajstić information content (AvgIpc) is 3.21. The Balaban J connectivity index is 1.60. The fourth-order valence-electron chi connectivity index (χ4n) is 3.83. The number of fused-ring (bicyclic) bond motifs is 1. The number of hydrogen-bond donors (Lipinski definition) is 0. The van der Waals surface area contributed by atoms with Gasteiger partial charge in [0.15, 0.2) is 0 Å². The van der Waals surface area contributed by atoms with Crippen LogP contribution in [0.15, 0.2) is 24.8 Å². The van der Waals surface area contributed by atoms with Crippen LogP contribution in [0.1, 0.15) is 35.4 Å². The predicted octanol–water partition coefficient (Wildman–Crippen LogP) is 0.929. The normalized spacial score (nSPS) is 23.0. The van der Waals surface area contributed by atoms with Crippen molar-refractivity contribution in [2.24, 2.45) is 7.05 Å². The molecule has 0 aromatic carbocycles. The molecule has 8 heteroatoms. The zero-order chi connectivity index (χ0) is 17.6. The second-order valence-electron chi connectivity index (χ2n) is 6.64. The number of anilines is 1. The minimum atomic E-state index is -0.111. The van der Waals surface area contributed by atoms with E-state index in [1.54, 1.807) is 17.1 Å². The number of likely N-dealkylation sites (tertiary alicyclic amines) is 1. The van der Waals surface area contributed by atoms with E-state index >= 15 is 0 Å². The lowest BCUT2D eigenvalue weighted by molar-refractivity contribution is -0.120. The zero-order valence-electron chi connectivity index (χ0n) is 14.3. The van der Waals surface area contributed by atoms with Crippen molar-refractivity contribution in [3.63, 3.8) is 0 Å². The number of aryl methyl sites for hydroxylation is 2. The first kappa shape index (κ1) is 15.7. The van der Waals surface area contributed by atoms with Crippen molar-refractivity contribution in [2.45, 2.75) is 38.3 Å². The number of carbonyl (C=O) groups excluding carboxylic acids is 2. The first-order valence-corrected chi connectivity index (χ1v) is 8.45. The molecule has 2 saturated heterocycles.